The van der Waals surface area contributed by atoms with Crippen LogP contribution in [0.4, 0.5) is 5.82 Å². The van der Waals surface area contributed by atoms with Crippen molar-refractivity contribution in [3.8, 4) is 0 Å². The number of fused-ring (bicyclic) bond motifs is 2. The number of imidazole rings is 2. The van der Waals surface area contributed by atoms with E-state index in [0.29, 0.717) is 41.2 Å². The van der Waals surface area contributed by atoms with Crippen molar-refractivity contribution in [3.63, 3.8) is 0 Å². The first-order valence-electron chi connectivity index (χ1n) is 11.4. The Labute approximate surface area is 186 Å². The third-order valence-corrected chi connectivity index (χ3v) is 5.83. The molecule has 11 heteroatoms. The number of rotatable bonds is 10. The van der Waals surface area contributed by atoms with E-state index in [4.69, 9.17) is 7.10 Å². The number of hydrogen-bond donors (Lipinski definition) is 1. The average molecular weight is 441 g/mol. The highest BCUT2D eigenvalue weighted by Gasteiger charge is 2.14. The van der Waals surface area contributed by atoms with Crippen LogP contribution in [0.25, 0.3) is 22.3 Å². The molecule has 0 fully saturated rings. The van der Waals surface area contributed by atoms with Crippen LogP contribution in [0.2, 0.25) is 0 Å². The molecule has 0 aliphatic carbocycles. The van der Waals surface area contributed by atoms with Crippen LogP contribution >= 0.6 is 0 Å². The summed E-state index contributed by atoms with van der Waals surface area (Å²) < 4.78 is 14.2. The molecule has 0 aliphatic rings. The summed E-state index contributed by atoms with van der Waals surface area (Å²) >= 11 is 0. The van der Waals surface area contributed by atoms with E-state index in [-0.39, 0.29) is 17.6 Å². The van der Waals surface area contributed by atoms with Gasteiger partial charge in [-0.05, 0) is 12.8 Å². The maximum Gasteiger partial charge on any atom is 0.332 e. The molecular weight excluding hydrogens is 410 g/mol. The lowest BCUT2D eigenvalue weighted by Crippen LogP contribution is -2.39. The van der Waals surface area contributed by atoms with Gasteiger partial charge in [0, 0.05) is 27.2 Å². The van der Waals surface area contributed by atoms with Gasteiger partial charge in [-0.2, -0.15) is 0 Å². The summed E-state index contributed by atoms with van der Waals surface area (Å²) in [6.07, 6.45) is 10.0. The number of nitrogens with zero attached hydrogens (tertiary/aromatic N) is 8. The predicted molar refractivity (Wildman–Crippen MR) is 122 cm³/mol. The van der Waals surface area contributed by atoms with Gasteiger partial charge in [-0.1, -0.05) is 32.1 Å². The lowest BCUT2D eigenvalue weighted by atomic mass is 10.1. The van der Waals surface area contributed by atoms with Gasteiger partial charge in [0.25, 0.3) is 5.56 Å². The molecule has 11 nitrogen and oxygen atoms in total. The van der Waals surface area contributed by atoms with Crippen molar-refractivity contribution in [1.29, 1.82) is 0 Å². The molecule has 0 atom stereocenters. The van der Waals surface area contributed by atoms with Crippen molar-refractivity contribution in [2.45, 2.75) is 58.0 Å². The zero-order valence-corrected chi connectivity index (χ0v) is 18.5. The molecule has 4 rings (SSSR count). The van der Waals surface area contributed by atoms with Crippen LogP contribution < -0.4 is 17.0 Å². The smallest absolute Gasteiger partial charge is 0.332 e. The predicted octanol–water partition coefficient (Wildman–Crippen LogP) is 1.59. The molecule has 0 aromatic carbocycles. The standard InChI is InChI=1S/C21H29N9O2/c1-27-13-26-19-16(27)20(31)30(21(32)28(19)2)11-9-7-5-3-4-6-8-10-29-14-25-15-17(22)23-12-24-18(15)29/h12-14H,3-11H2,1-2H3,(H2,22,23,24)/i14D. The highest BCUT2D eigenvalue weighted by Crippen LogP contribution is 2.15. The van der Waals surface area contributed by atoms with E-state index < -0.39 is 0 Å². The van der Waals surface area contributed by atoms with Crippen molar-refractivity contribution in [3.05, 3.63) is 39.8 Å². The number of nitrogens with two attached hydrogens (primary N) is 1. The highest BCUT2D eigenvalue weighted by molar-refractivity contribution is 5.81. The van der Waals surface area contributed by atoms with Gasteiger partial charge in [-0.3, -0.25) is 13.9 Å². The van der Waals surface area contributed by atoms with E-state index in [9.17, 15) is 9.59 Å². The monoisotopic (exact) mass is 440 g/mol. The van der Waals surface area contributed by atoms with Gasteiger partial charge in [0.05, 0.1) is 12.6 Å². The molecule has 0 unspecified atom stereocenters. The van der Waals surface area contributed by atoms with E-state index in [1.165, 1.54) is 15.5 Å². The molecule has 32 heavy (non-hydrogen) atoms. The number of aromatic nitrogens is 8. The van der Waals surface area contributed by atoms with Gasteiger partial charge in [0.2, 0.25) is 0 Å². The number of nitrogen functional groups attached to an aromatic ring is 1. The Morgan fingerprint density at radius 1 is 0.906 bits per heavy atom. The first-order valence-corrected chi connectivity index (χ1v) is 10.9. The molecule has 170 valence electrons. The second-order valence-electron chi connectivity index (χ2n) is 8.10. The van der Waals surface area contributed by atoms with Gasteiger partial charge in [0.15, 0.2) is 22.6 Å². The Morgan fingerprint density at radius 3 is 2.34 bits per heavy atom. The SMILES string of the molecule is [2H]c1nc2c(N)ncnc2n1CCCCCCCCCn1c(=O)c2c(ncn2C)n(C)c1=O. The fourth-order valence-corrected chi connectivity index (χ4v) is 4.02. The summed E-state index contributed by atoms with van der Waals surface area (Å²) in [6.45, 7) is 1.09. The van der Waals surface area contributed by atoms with E-state index in [2.05, 4.69) is 19.9 Å². The third kappa shape index (κ3) is 4.14. The van der Waals surface area contributed by atoms with E-state index in [1.54, 1.807) is 29.6 Å². The van der Waals surface area contributed by atoms with Crippen LogP contribution in [0.3, 0.4) is 0 Å². The molecule has 0 spiro atoms. The number of hydrogen-bond acceptors (Lipinski definition) is 7. The number of aryl methyl sites for hydroxylation is 3. The quantitative estimate of drug-likeness (QED) is 0.370. The summed E-state index contributed by atoms with van der Waals surface area (Å²) in [5, 5.41) is 0. The van der Waals surface area contributed by atoms with Crippen molar-refractivity contribution in [1.82, 2.24) is 38.2 Å². The molecule has 0 saturated carbocycles. The lowest BCUT2D eigenvalue weighted by Gasteiger charge is -2.08. The lowest BCUT2D eigenvalue weighted by molar-refractivity contribution is 0.513. The van der Waals surface area contributed by atoms with Crippen LogP contribution in [-0.2, 0) is 27.2 Å². The van der Waals surface area contributed by atoms with Gasteiger partial charge in [-0.25, -0.2) is 24.7 Å². The highest BCUT2D eigenvalue weighted by atomic mass is 16.2. The minimum Gasteiger partial charge on any atom is -0.382 e. The van der Waals surface area contributed by atoms with Crippen molar-refractivity contribution in [2.24, 2.45) is 14.1 Å². The first kappa shape index (κ1) is 20.4. The van der Waals surface area contributed by atoms with E-state index in [0.717, 1.165) is 44.9 Å². The Kier molecular flexibility index (Phi) is 5.95. The normalized spacial score (nSPS) is 12.1. The molecule has 0 saturated heterocycles. The average Bonchev–Trinajstić information content (AvgIpc) is 3.34. The molecule has 0 radical (unpaired) electrons. The zero-order valence-electron chi connectivity index (χ0n) is 19.5. The molecule has 0 aliphatic heterocycles. The summed E-state index contributed by atoms with van der Waals surface area (Å²) in [6, 6.07) is 0. The molecule has 2 N–H and O–H groups in total. The molecule has 4 heterocycles. The topological polar surface area (TPSA) is 131 Å². The minimum atomic E-state index is -0.320. The Bertz CT molecular complexity index is 1400. The van der Waals surface area contributed by atoms with Gasteiger partial charge < -0.3 is 14.9 Å². The van der Waals surface area contributed by atoms with Crippen LogP contribution in [-0.4, -0.2) is 38.2 Å². The summed E-state index contributed by atoms with van der Waals surface area (Å²) in [7, 11) is 3.40. The van der Waals surface area contributed by atoms with E-state index >= 15 is 0 Å². The Morgan fingerprint density at radius 2 is 1.59 bits per heavy atom. The zero-order chi connectivity index (χ0) is 23.5. The maximum atomic E-state index is 12.7. The van der Waals surface area contributed by atoms with Crippen LogP contribution in [0, 0.1) is 0 Å². The Balaban J connectivity index is 1.20. The fraction of sp³-hybridized carbons (Fsp3) is 0.524. The first-order chi connectivity index (χ1) is 15.9. The van der Waals surface area contributed by atoms with Crippen LogP contribution in [0.1, 0.15) is 46.3 Å². The third-order valence-electron chi connectivity index (χ3n) is 5.83. The maximum absolute atomic E-state index is 12.7. The van der Waals surface area contributed by atoms with Gasteiger partial charge in [-0.15, -0.1) is 0 Å². The molecule has 0 amide bonds. The summed E-state index contributed by atoms with van der Waals surface area (Å²) in [4.78, 5) is 41.6. The summed E-state index contributed by atoms with van der Waals surface area (Å²) in [5.74, 6) is 0.299. The largest absolute Gasteiger partial charge is 0.382 e. The van der Waals surface area contributed by atoms with E-state index in [1.807, 2.05) is 0 Å². The molecule has 4 aromatic heterocycles. The second-order valence-corrected chi connectivity index (χ2v) is 8.10. The van der Waals surface area contributed by atoms with Crippen molar-refractivity contribution >= 4 is 28.1 Å². The minimum absolute atomic E-state index is 0.155. The molecular formula is C21H29N9O2. The van der Waals surface area contributed by atoms with Gasteiger partial charge >= 0.3 is 5.69 Å². The fourth-order valence-electron chi connectivity index (χ4n) is 4.02. The molecule has 4 aromatic rings. The van der Waals surface area contributed by atoms with Crippen molar-refractivity contribution < 1.29 is 1.37 Å². The van der Waals surface area contributed by atoms with Crippen LogP contribution in [0.5, 0.6) is 0 Å². The van der Waals surface area contributed by atoms with Crippen LogP contribution in [0.15, 0.2) is 28.5 Å². The molecule has 0 bridgehead atoms. The van der Waals surface area contributed by atoms with Gasteiger partial charge in [0.1, 0.15) is 13.2 Å². The Hall–Kier alpha value is -3.50. The van der Waals surface area contributed by atoms with Crippen molar-refractivity contribution in [2.75, 3.05) is 5.73 Å². The summed E-state index contributed by atoms with van der Waals surface area (Å²) in [5.41, 5.74) is 7.17. The second kappa shape index (κ2) is 9.33. The number of anilines is 1. The number of unbranched alkanes of at least 4 members (excludes halogenated alkanes) is 6.